The maximum Gasteiger partial charge on any atom is 0.349 e. The SMILES string of the molecule is O=C(NCc1cc(C2CC2)ncn1)c1cc2ccccc2oc1=O. The van der Waals surface area contributed by atoms with Gasteiger partial charge >= 0.3 is 5.63 Å². The molecule has 120 valence electrons. The Hall–Kier alpha value is -3.02. The number of aromatic nitrogens is 2. The molecule has 0 radical (unpaired) electrons. The minimum absolute atomic E-state index is 0.00910. The number of carbonyl (C=O) groups excluding carboxylic acids is 1. The van der Waals surface area contributed by atoms with E-state index in [1.165, 1.54) is 6.33 Å². The molecule has 2 aromatic heterocycles. The van der Waals surface area contributed by atoms with Gasteiger partial charge in [0.05, 0.1) is 12.2 Å². The summed E-state index contributed by atoms with van der Waals surface area (Å²) in [4.78, 5) is 32.7. The molecule has 3 aromatic rings. The van der Waals surface area contributed by atoms with Gasteiger partial charge in [-0.3, -0.25) is 4.79 Å². The second-order valence-electron chi connectivity index (χ2n) is 5.88. The van der Waals surface area contributed by atoms with Crippen LogP contribution in [-0.4, -0.2) is 15.9 Å². The predicted molar refractivity (Wildman–Crippen MR) is 87.7 cm³/mol. The van der Waals surface area contributed by atoms with Crippen LogP contribution in [0.15, 0.2) is 51.9 Å². The third-order valence-corrected chi connectivity index (χ3v) is 4.06. The van der Waals surface area contributed by atoms with Gasteiger partial charge in [0.15, 0.2) is 0 Å². The average molecular weight is 321 g/mol. The smallest absolute Gasteiger partial charge is 0.349 e. The molecule has 1 aromatic carbocycles. The molecule has 4 rings (SSSR count). The van der Waals surface area contributed by atoms with Gasteiger partial charge in [0.2, 0.25) is 0 Å². The van der Waals surface area contributed by atoms with E-state index in [0.717, 1.165) is 24.2 Å². The van der Waals surface area contributed by atoms with E-state index in [2.05, 4.69) is 15.3 Å². The van der Waals surface area contributed by atoms with Crippen LogP contribution in [0.25, 0.3) is 11.0 Å². The fraction of sp³-hybridized carbons (Fsp3) is 0.222. The molecule has 1 aliphatic carbocycles. The van der Waals surface area contributed by atoms with Crippen LogP contribution < -0.4 is 10.9 Å². The lowest BCUT2D eigenvalue weighted by Gasteiger charge is -2.06. The van der Waals surface area contributed by atoms with E-state index in [-0.39, 0.29) is 12.1 Å². The standard InChI is InChI=1S/C18H15N3O3/c22-17(14-7-12-3-1-2-4-16(12)24-18(14)23)19-9-13-8-15(11-5-6-11)21-10-20-13/h1-4,7-8,10-11H,5-6,9H2,(H,19,22). The molecule has 1 fully saturated rings. The zero-order valence-corrected chi connectivity index (χ0v) is 12.9. The number of amides is 1. The Labute approximate surface area is 137 Å². The van der Waals surface area contributed by atoms with E-state index >= 15 is 0 Å². The Morgan fingerprint density at radius 3 is 2.88 bits per heavy atom. The van der Waals surface area contributed by atoms with E-state index in [0.29, 0.717) is 16.9 Å². The summed E-state index contributed by atoms with van der Waals surface area (Å²) in [6.45, 7) is 0.243. The molecule has 1 amide bonds. The Kier molecular flexibility index (Phi) is 3.57. The molecule has 0 unspecified atom stereocenters. The summed E-state index contributed by atoms with van der Waals surface area (Å²) in [7, 11) is 0. The van der Waals surface area contributed by atoms with Crippen LogP contribution in [0.1, 0.15) is 40.5 Å². The molecule has 24 heavy (non-hydrogen) atoms. The summed E-state index contributed by atoms with van der Waals surface area (Å²) < 4.78 is 5.18. The van der Waals surface area contributed by atoms with Crippen LogP contribution in [0.5, 0.6) is 0 Å². The number of hydrogen-bond acceptors (Lipinski definition) is 5. The van der Waals surface area contributed by atoms with Crippen LogP contribution in [0.4, 0.5) is 0 Å². The number of carbonyl (C=O) groups is 1. The maximum absolute atomic E-state index is 12.3. The first kappa shape index (κ1) is 14.6. The van der Waals surface area contributed by atoms with Gasteiger partial charge in [0.25, 0.3) is 5.91 Å². The molecular weight excluding hydrogens is 306 g/mol. The normalized spacial score (nSPS) is 13.8. The van der Waals surface area contributed by atoms with Crippen LogP contribution in [0.2, 0.25) is 0 Å². The summed E-state index contributed by atoms with van der Waals surface area (Å²) in [6.07, 6.45) is 3.82. The number of fused-ring (bicyclic) bond motifs is 1. The van der Waals surface area contributed by atoms with Gasteiger partial charge in [-0.15, -0.1) is 0 Å². The van der Waals surface area contributed by atoms with Crippen molar-refractivity contribution in [2.45, 2.75) is 25.3 Å². The molecule has 1 N–H and O–H groups in total. The summed E-state index contributed by atoms with van der Waals surface area (Å²) in [5, 5.41) is 3.43. The van der Waals surface area contributed by atoms with Crippen molar-refractivity contribution < 1.29 is 9.21 Å². The molecule has 0 aliphatic heterocycles. The van der Waals surface area contributed by atoms with Gasteiger partial charge in [-0.05, 0) is 31.0 Å². The molecule has 6 heteroatoms. The summed E-state index contributed by atoms with van der Waals surface area (Å²) in [6, 6.07) is 10.5. The van der Waals surface area contributed by atoms with Gasteiger partial charge in [-0.25, -0.2) is 14.8 Å². The Balaban J connectivity index is 1.53. The predicted octanol–water partition coefficient (Wildman–Crippen LogP) is 2.39. The average Bonchev–Trinajstić information content (AvgIpc) is 3.44. The number of hydrogen-bond donors (Lipinski definition) is 1. The van der Waals surface area contributed by atoms with E-state index < -0.39 is 11.5 Å². The van der Waals surface area contributed by atoms with Gasteiger partial charge in [-0.1, -0.05) is 18.2 Å². The van der Waals surface area contributed by atoms with Crippen molar-refractivity contribution in [2.24, 2.45) is 0 Å². The third kappa shape index (κ3) is 2.90. The first-order chi connectivity index (χ1) is 11.7. The molecule has 1 saturated carbocycles. The monoisotopic (exact) mass is 321 g/mol. The van der Waals surface area contributed by atoms with Crippen LogP contribution in [-0.2, 0) is 6.54 Å². The lowest BCUT2D eigenvalue weighted by molar-refractivity contribution is 0.0947. The van der Waals surface area contributed by atoms with Crippen molar-refractivity contribution in [1.29, 1.82) is 0 Å². The van der Waals surface area contributed by atoms with Crippen molar-refractivity contribution in [3.05, 3.63) is 70.1 Å². The number of nitrogens with one attached hydrogen (secondary N) is 1. The minimum Gasteiger partial charge on any atom is -0.422 e. The highest BCUT2D eigenvalue weighted by Crippen LogP contribution is 2.38. The molecule has 2 heterocycles. The third-order valence-electron chi connectivity index (χ3n) is 4.06. The second kappa shape index (κ2) is 5.88. The molecule has 0 bridgehead atoms. The summed E-state index contributed by atoms with van der Waals surface area (Å²) in [5.41, 5.74) is 1.55. The maximum atomic E-state index is 12.3. The van der Waals surface area contributed by atoms with Crippen LogP contribution >= 0.6 is 0 Å². The van der Waals surface area contributed by atoms with Gasteiger partial charge in [-0.2, -0.15) is 0 Å². The Morgan fingerprint density at radius 2 is 2.04 bits per heavy atom. The first-order valence-electron chi connectivity index (χ1n) is 7.82. The molecule has 0 atom stereocenters. The van der Waals surface area contributed by atoms with E-state index in [9.17, 15) is 9.59 Å². The van der Waals surface area contributed by atoms with Gasteiger partial charge in [0.1, 0.15) is 17.5 Å². The van der Waals surface area contributed by atoms with Crippen molar-refractivity contribution in [2.75, 3.05) is 0 Å². The van der Waals surface area contributed by atoms with Crippen molar-refractivity contribution in [3.63, 3.8) is 0 Å². The number of nitrogens with zero attached hydrogens (tertiary/aromatic N) is 2. The summed E-state index contributed by atoms with van der Waals surface area (Å²) >= 11 is 0. The van der Waals surface area contributed by atoms with E-state index in [4.69, 9.17) is 4.42 Å². The van der Waals surface area contributed by atoms with E-state index in [1.807, 2.05) is 12.1 Å². The highest BCUT2D eigenvalue weighted by atomic mass is 16.4. The van der Waals surface area contributed by atoms with Crippen LogP contribution in [0.3, 0.4) is 0 Å². The van der Waals surface area contributed by atoms with Gasteiger partial charge < -0.3 is 9.73 Å². The van der Waals surface area contributed by atoms with Crippen molar-refractivity contribution >= 4 is 16.9 Å². The fourth-order valence-corrected chi connectivity index (χ4v) is 2.60. The molecule has 6 nitrogen and oxygen atoms in total. The van der Waals surface area contributed by atoms with Crippen LogP contribution in [0, 0.1) is 0 Å². The minimum atomic E-state index is -0.646. The number of benzene rings is 1. The highest BCUT2D eigenvalue weighted by molar-refractivity contribution is 5.96. The quantitative estimate of drug-likeness (QED) is 0.746. The fourth-order valence-electron chi connectivity index (χ4n) is 2.60. The molecular formula is C18H15N3O3. The Bertz CT molecular complexity index is 976. The topological polar surface area (TPSA) is 85.1 Å². The largest absolute Gasteiger partial charge is 0.422 e. The van der Waals surface area contributed by atoms with Gasteiger partial charge in [0, 0.05) is 17.0 Å². The second-order valence-corrected chi connectivity index (χ2v) is 5.88. The number of para-hydroxylation sites is 1. The van der Waals surface area contributed by atoms with E-state index in [1.54, 1.807) is 24.3 Å². The molecule has 0 saturated heterocycles. The first-order valence-corrected chi connectivity index (χ1v) is 7.82. The molecule has 1 aliphatic rings. The summed E-state index contributed by atoms with van der Waals surface area (Å²) in [5.74, 6) is 0.0519. The Morgan fingerprint density at radius 1 is 1.21 bits per heavy atom. The number of rotatable bonds is 4. The highest BCUT2D eigenvalue weighted by Gasteiger charge is 2.25. The zero-order chi connectivity index (χ0) is 16.5. The molecule has 0 spiro atoms. The van der Waals surface area contributed by atoms with Crippen molar-refractivity contribution in [1.82, 2.24) is 15.3 Å². The lowest BCUT2D eigenvalue weighted by Crippen LogP contribution is -2.28. The lowest BCUT2D eigenvalue weighted by atomic mass is 10.2. The zero-order valence-electron chi connectivity index (χ0n) is 12.9. The van der Waals surface area contributed by atoms with Crippen molar-refractivity contribution in [3.8, 4) is 0 Å².